The lowest BCUT2D eigenvalue weighted by Gasteiger charge is -2.24. The quantitative estimate of drug-likeness (QED) is 0.798. The van der Waals surface area contributed by atoms with Crippen molar-refractivity contribution in [1.82, 2.24) is 15.3 Å². The Morgan fingerprint density at radius 3 is 2.62 bits per heavy atom. The molecule has 1 amide bonds. The zero-order valence-electron chi connectivity index (χ0n) is 16.3. The Bertz CT molecular complexity index is 837. The molecule has 4 heterocycles. The Kier molecular flexibility index (Phi) is 5.20. The van der Waals surface area contributed by atoms with Crippen molar-refractivity contribution >= 4 is 11.9 Å². The van der Waals surface area contributed by atoms with Gasteiger partial charge in [0.25, 0.3) is 0 Å². The van der Waals surface area contributed by atoms with Gasteiger partial charge in [-0.2, -0.15) is 0 Å². The van der Waals surface area contributed by atoms with Gasteiger partial charge >= 0.3 is 0 Å². The lowest BCUT2D eigenvalue weighted by molar-refractivity contribution is -0.127. The monoisotopic (exact) mass is 398 g/mol. The maximum Gasteiger partial charge on any atom is 0.223 e. The summed E-state index contributed by atoms with van der Waals surface area (Å²) in [6, 6.07) is 5.33. The molecule has 0 spiro atoms. The smallest absolute Gasteiger partial charge is 0.223 e. The normalized spacial score (nSPS) is 29.5. The highest BCUT2D eigenvalue weighted by atomic mass is 16.6. The van der Waals surface area contributed by atoms with Gasteiger partial charge in [-0.05, 0) is 31.0 Å². The molecule has 29 heavy (non-hydrogen) atoms. The van der Waals surface area contributed by atoms with E-state index < -0.39 is 0 Å². The third-order valence-electron chi connectivity index (χ3n) is 6.10. The lowest BCUT2D eigenvalue weighted by atomic mass is 9.88. The highest BCUT2D eigenvalue weighted by Crippen LogP contribution is 2.30. The first-order chi connectivity index (χ1) is 14.3. The molecule has 4 unspecified atom stereocenters. The van der Waals surface area contributed by atoms with Crippen LogP contribution in [0.5, 0.6) is 0 Å². The maximum absolute atomic E-state index is 12.6. The highest BCUT2D eigenvalue weighted by molar-refractivity contribution is 5.79. The predicted molar refractivity (Wildman–Crippen MR) is 105 cm³/mol. The van der Waals surface area contributed by atoms with Gasteiger partial charge in [0, 0.05) is 12.1 Å². The van der Waals surface area contributed by atoms with Crippen LogP contribution in [-0.4, -0.2) is 53.4 Å². The third kappa shape index (κ3) is 3.86. The van der Waals surface area contributed by atoms with Gasteiger partial charge in [-0.1, -0.05) is 19.3 Å². The number of aromatic nitrogens is 2. The van der Waals surface area contributed by atoms with E-state index in [4.69, 9.17) is 13.9 Å². The number of nitrogens with one attached hydrogen (secondary N) is 2. The van der Waals surface area contributed by atoms with E-state index in [-0.39, 0.29) is 36.1 Å². The van der Waals surface area contributed by atoms with Crippen LogP contribution in [0, 0.1) is 5.92 Å². The van der Waals surface area contributed by atoms with Crippen molar-refractivity contribution < 1.29 is 18.7 Å². The van der Waals surface area contributed by atoms with Gasteiger partial charge in [-0.3, -0.25) is 4.79 Å². The summed E-state index contributed by atoms with van der Waals surface area (Å²) in [7, 11) is 0. The van der Waals surface area contributed by atoms with Crippen LogP contribution < -0.4 is 10.6 Å². The Hall–Kier alpha value is -2.45. The van der Waals surface area contributed by atoms with E-state index in [0.29, 0.717) is 30.6 Å². The molecular weight excluding hydrogens is 372 g/mol. The summed E-state index contributed by atoms with van der Waals surface area (Å²) in [5.41, 5.74) is 0.716. The molecule has 0 radical (unpaired) electrons. The molecule has 0 bridgehead atoms. The molecule has 2 N–H and O–H groups in total. The molecule has 3 aliphatic rings. The maximum atomic E-state index is 12.6. The zero-order valence-corrected chi connectivity index (χ0v) is 16.3. The lowest BCUT2D eigenvalue weighted by Crippen LogP contribution is -2.47. The Morgan fingerprint density at radius 1 is 1.03 bits per heavy atom. The molecule has 2 aromatic heterocycles. The number of rotatable bonds is 5. The van der Waals surface area contributed by atoms with Gasteiger partial charge < -0.3 is 24.5 Å². The van der Waals surface area contributed by atoms with Crippen molar-refractivity contribution in [2.45, 2.75) is 56.4 Å². The number of ether oxygens (including phenoxy) is 2. The molecule has 5 rings (SSSR count). The predicted octanol–water partition coefficient (Wildman–Crippen LogP) is 2.38. The zero-order chi connectivity index (χ0) is 19.6. The minimum atomic E-state index is -0.145. The summed E-state index contributed by atoms with van der Waals surface area (Å²) in [4.78, 5) is 21.4. The average Bonchev–Trinajstić information content (AvgIpc) is 3.49. The Balaban J connectivity index is 1.20. The summed E-state index contributed by atoms with van der Waals surface area (Å²) in [6.45, 7) is 0.957. The van der Waals surface area contributed by atoms with Gasteiger partial charge in [-0.25, -0.2) is 9.97 Å². The summed E-state index contributed by atoms with van der Waals surface area (Å²) in [5, 5.41) is 6.50. The molecule has 2 aliphatic heterocycles. The van der Waals surface area contributed by atoms with Crippen molar-refractivity contribution in [1.29, 1.82) is 0 Å². The van der Waals surface area contributed by atoms with Crippen molar-refractivity contribution in [3.8, 4) is 11.5 Å². The van der Waals surface area contributed by atoms with Gasteiger partial charge in [0.1, 0.15) is 17.9 Å². The van der Waals surface area contributed by atoms with E-state index in [1.54, 1.807) is 18.5 Å². The minimum absolute atomic E-state index is 0.0663. The molecule has 154 valence electrons. The summed E-state index contributed by atoms with van der Waals surface area (Å²) in [5.74, 6) is 1.48. The Morgan fingerprint density at radius 2 is 1.83 bits per heavy atom. The second-order valence-electron chi connectivity index (χ2n) is 8.04. The molecule has 0 aromatic carbocycles. The van der Waals surface area contributed by atoms with Crippen molar-refractivity contribution in [3.63, 3.8) is 0 Å². The first kappa shape index (κ1) is 18.6. The van der Waals surface area contributed by atoms with Crippen LogP contribution in [0.1, 0.15) is 32.1 Å². The van der Waals surface area contributed by atoms with Crippen LogP contribution in [0.15, 0.2) is 35.1 Å². The topological polar surface area (TPSA) is 98.5 Å². The highest BCUT2D eigenvalue weighted by Gasteiger charge is 2.48. The van der Waals surface area contributed by atoms with Crippen LogP contribution >= 0.6 is 0 Å². The van der Waals surface area contributed by atoms with Crippen LogP contribution in [-0.2, 0) is 14.3 Å². The molecule has 1 aliphatic carbocycles. The average molecular weight is 398 g/mol. The van der Waals surface area contributed by atoms with Crippen molar-refractivity contribution in [3.05, 3.63) is 30.7 Å². The number of furan rings is 1. The van der Waals surface area contributed by atoms with E-state index in [9.17, 15) is 4.79 Å². The van der Waals surface area contributed by atoms with Crippen LogP contribution in [0.3, 0.4) is 0 Å². The minimum Gasteiger partial charge on any atom is -0.463 e. The van der Waals surface area contributed by atoms with E-state index in [1.807, 2.05) is 12.1 Å². The van der Waals surface area contributed by atoms with Crippen LogP contribution in [0.4, 0.5) is 5.95 Å². The molecule has 8 nitrogen and oxygen atoms in total. The number of hydrogen-bond acceptors (Lipinski definition) is 7. The molecule has 8 heteroatoms. The number of carbonyl (C=O) groups is 1. The molecule has 1 saturated carbocycles. The van der Waals surface area contributed by atoms with Gasteiger partial charge in [0.05, 0.1) is 31.6 Å². The SMILES string of the molecule is O=C(NC1COC2C(Nc3nccc(-c4ccco4)n3)COC12)C1CCCCC1. The number of hydrogen-bond donors (Lipinski definition) is 2. The standard InChI is InChI=1S/C21H26N4O4/c26-20(13-5-2-1-3-6-13)23-15-11-28-19-16(12-29-18(15)19)25-21-22-9-8-14(24-21)17-7-4-10-27-17/h4,7-10,13,15-16,18-19H,1-3,5-6,11-12H2,(H,23,26)(H,22,24,25). The Labute approximate surface area is 169 Å². The third-order valence-corrected chi connectivity index (χ3v) is 6.10. The first-order valence-corrected chi connectivity index (χ1v) is 10.4. The van der Waals surface area contributed by atoms with E-state index in [1.165, 1.54) is 6.42 Å². The van der Waals surface area contributed by atoms with Gasteiger partial charge in [0.2, 0.25) is 11.9 Å². The van der Waals surface area contributed by atoms with E-state index in [2.05, 4.69) is 20.6 Å². The van der Waals surface area contributed by atoms with Crippen molar-refractivity contribution in [2.24, 2.45) is 5.92 Å². The number of nitrogens with zero attached hydrogens (tertiary/aromatic N) is 2. The molecule has 4 atom stereocenters. The van der Waals surface area contributed by atoms with Crippen LogP contribution in [0.2, 0.25) is 0 Å². The van der Waals surface area contributed by atoms with Gasteiger partial charge in [0.15, 0.2) is 5.76 Å². The largest absolute Gasteiger partial charge is 0.463 e. The number of fused-ring (bicyclic) bond motifs is 1. The second-order valence-corrected chi connectivity index (χ2v) is 8.04. The van der Waals surface area contributed by atoms with Crippen LogP contribution in [0.25, 0.3) is 11.5 Å². The van der Waals surface area contributed by atoms with E-state index >= 15 is 0 Å². The van der Waals surface area contributed by atoms with Gasteiger partial charge in [-0.15, -0.1) is 0 Å². The number of amides is 1. The summed E-state index contributed by atoms with van der Waals surface area (Å²) in [6.07, 6.45) is 8.54. The fourth-order valence-corrected chi connectivity index (χ4v) is 4.57. The molecule has 2 aromatic rings. The first-order valence-electron chi connectivity index (χ1n) is 10.4. The molecule has 2 saturated heterocycles. The number of carbonyl (C=O) groups excluding carboxylic acids is 1. The van der Waals surface area contributed by atoms with E-state index in [0.717, 1.165) is 25.7 Å². The van der Waals surface area contributed by atoms with Crippen molar-refractivity contribution in [2.75, 3.05) is 18.5 Å². The molecule has 3 fully saturated rings. The number of anilines is 1. The second kappa shape index (κ2) is 8.12. The fourth-order valence-electron chi connectivity index (χ4n) is 4.57. The fraction of sp³-hybridized carbons (Fsp3) is 0.571. The molecular formula is C21H26N4O4. The summed E-state index contributed by atoms with van der Waals surface area (Å²) < 4.78 is 17.4. The summed E-state index contributed by atoms with van der Waals surface area (Å²) >= 11 is 0.